The highest BCUT2D eigenvalue weighted by molar-refractivity contribution is 5.93. The first-order valence-corrected chi connectivity index (χ1v) is 7.88. The summed E-state index contributed by atoms with van der Waals surface area (Å²) in [5, 5.41) is 6.72. The minimum atomic E-state index is -0.901. The molecule has 2 aliphatic rings. The van der Waals surface area contributed by atoms with Gasteiger partial charge in [-0.1, -0.05) is 5.16 Å². The van der Waals surface area contributed by atoms with Gasteiger partial charge in [-0.15, -0.1) is 0 Å². The molecule has 8 heteroatoms. The largest absolute Gasteiger partial charge is 0.501 e. The van der Waals surface area contributed by atoms with Crippen molar-refractivity contribution in [1.29, 1.82) is 0 Å². The Morgan fingerprint density at radius 1 is 1.57 bits per heavy atom. The summed E-state index contributed by atoms with van der Waals surface area (Å²) in [6.07, 6.45) is 2.58. The number of alkyl halides is 1. The number of carbonyl (C=O) groups is 1. The first-order chi connectivity index (χ1) is 11.1. The van der Waals surface area contributed by atoms with Gasteiger partial charge in [0.1, 0.15) is 6.17 Å². The summed E-state index contributed by atoms with van der Waals surface area (Å²) in [5.41, 5.74) is 0.645. The van der Waals surface area contributed by atoms with Crippen LogP contribution in [0.3, 0.4) is 0 Å². The number of halogens is 1. The van der Waals surface area contributed by atoms with Crippen LogP contribution in [0.25, 0.3) is 0 Å². The Labute approximate surface area is 133 Å². The molecule has 0 spiro atoms. The minimum Gasteiger partial charge on any atom is -0.501 e. The van der Waals surface area contributed by atoms with Gasteiger partial charge in [0.05, 0.1) is 25.0 Å². The molecule has 1 aromatic rings. The quantitative estimate of drug-likeness (QED) is 0.874. The van der Waals surface area contributed by atoms with Crippen LogP contribution in [0.15, 0.2) is 16.4 Å². The van der Waals surface area contributed by atoms with Crippen molar-refractivity contribution in [2.45, 2.75) is 44.9 Å². The highest BCUT2D eigenvalue weighted by Crippen LogP contribution is 2.22. The zero-order chi connectivity index (χ0) is 16.2. The Hall–Kier alpha value is -1.96. The first kappa shape index (κ1) is 15.9. The van der Waals surface area contributed by atoms with Crippen LogP contribution in [0.4, 0.5) is 4.39 Å². The van der Waals surface area contributed by atoms with Gasteiger partial charge in [-0.3, -0.25) is 9.69 Å². The van der Waals surface area contributed by atoms with Crippen LogP contribution in [0.2, 0.25) is 0 Å². The average molecular weight is 324 g/mol. The third kappa shape index (κ3) is 4.07. The van der Waals surface area contributed by atoms with Crippen molar-refractivity contribution >= 4 is 5.91 Å². The summed E-state index contributed by atoms with van der Waals surface area (Å²) >= 11 is 0. The van der Waals surface area contributed by atoms with Crippen molar-refractivity contribution in [2.24, 2.45) is 0 Å². The maximum absolute atomic E-state index is 13.8. The van der Waals surface area contributed by atoms with Gasteiger partial charge in [-0.05, 0) is 19.3 Å². The third-order valence-corrected chi connectivity index (χ3v) is 4.11. The lowest BCUT2D eigenvalue weighted by molar-refractivity contribution is -0.118. The first-order valence-electron chi connectivity index (χ1n) is 7.88. The summed E-state index contributed by atoms with van der Waals surface area (Å²) in [6, 6.07) is -0.0714. The molecule has 23 heavy (non-hydrogen) atoms. The second kappa shape index (κ2) is 7.08. The van der Waals surface area contributed by atoms with Crippen molar-refractivity contribution in [2.75, 3.05) is 19.7 Å². The van der Waals surface area contributed by atoms with Crippen molar-refractivity contribution in [3.63, 3.8) is 0 Å². The van der Waals surface area contributed by atoms with Crippen LogP contribution in [-0.4, -0.2) is 52.9 Å². The molecule has 1 fully saturated rings. The van der Waals surface area contributed by atoms with Crippen LogP contribution in [-0.2, 0) is 16.1 Å². The van der Waals surface area contributed by atoms with Crippen LogP contribution < -0.4 is 5.32 Å². The SMILES string of the molecule is Cc1nc(CN2C[C@@H](F)C[C@H]2CNC(=O)C2=COCCC2)no1. The van der Waals surface area contributed by atoms with E-state index >= 15 is 0 Å². The summed E-state index contributed by atoms with van der Waals surface area (Å²) in [7, 11) is 0. The molecule has 0 bridgehead atoms. The van der Waals surface area contributed by atoms with Gasteiger partial charge in [-0.25, -0.2) is 4.39 Å². The smallest absolute Gasteiger partial charge is 0.250 e. The van der Waals surface area contributed by atoms with Crippen LogP contribution >= 0.6 is 0 Å². The lowest BCUT2D eigenvalue weighted by Gasteiger charge is -2.23. The van der Waals surface area contributed by atoms with E-state index in [2.05, 4.69) is 15.5 Å². The Balaban J connectivity index is 1.54. The average Bonchev–Trinajstić information content (AvgIpc) is 3.11. The number of nitrogens with zero attached hydrogens (tertiary/aromatic N) is 3. The maximum atomic E-state index is 13.8. The lowest BCUT2D eigenvalue weighted by atomic mass is 10.1. The number of aromatic nitrogens is 2. The highest BCUT2D eigenvalue weighted by Gasteiger charge is 2.33. The second-order valence-electron chi connectivity index (χ2n) is 5.97. The number of aryl methyl sites for hydroxylation is 1. The molecule has 0 aromatic carbocycles. The molecular formula is C15H21FN4O3. The van der Waals surface area contributed by atoms with E-state index in [0.717, 1.165) is 6.42 Å². The fourth-order valence-electron chi connectivity index (χ4n) is 2.97. The van der Waals surface area contributed by atoms with Gasteiger partial charge in [0.2, 0.25) is 11.8 Å². The summed E-state index contributed by atoms with van der Waals surface area (Å²) in [4.78, 5) is 18.2. The number of amides is 1. The number of rotatable bonds is 5. The predicted octanol–water partition coefficient (Wildman–Crippen LogP) is 1.10. The Morgan fingerprint density at radius 2 is 2.43 bits per heavy atom. The van der Waals surface area contributed by atoms with Gasteiger partial charge in [0.15, 0.2) is 5.82 Å². The van der Waals surface area contributed by atoms with Gasteiger partial charge in [0, 0.05) is 26.1 Å². The molecule has 3 heterocycles. The molecule has 1 aromatic heterocycles. The molecule has 0 aliphatic carbocycles. The Morgan fingerprint density at radius 3 is 3.13 bits per heavy atom. The fraction of sp³-hybridized carbons (Fsp3) is 0.667. The van der Waals surface area contributed by atoms with E-state index < -0.39 is 6.17 Å². The van der Waals surface area contributed by atoms with Crippen molar-refractivity contribution in [3.8, 4) is 0 Å². The minimum absolute atomic E-state index is 0.0714. The molecule has 2 aliphatic heterocycles. The van der Waals surface area contributed by atoms with E-state index in [4.69, 9.17) is 9.26 Å². The van der Waals surface area contributed by atoms with Gasteiger partial charge in [0.25, 0.3) is 0 Å². The zero-order valence-corrected chi connectivity index (χ0v) is 13.1. The van der Waals surface area contributed by atoms with E-state index in [9.17, 15) is 9.18 Å². The van der Waals surface area contributed by atoms with Crippen LogP contribution in [0.5, 0.6) is 0 Å². The highest BCUT2D eigenvalue weighted by atomic mass is 19.1. The summed E-state index contributed by atoms with van der Waals surface area (Å²) in [5.74, 6) is 0.892. The number of ether oxygens (including phenoxy) is 1. The molecule has 126 valence electrons. The Bertz CT molecular complexity index is 589. The molecular weight excluding hydrogens is 303 g/mol. The molecule has 1 saturated heterocycles. The van der Waals surface area contributed by atoms with E-state index in [-0.39, 0.29) is 11.9 Å². The topological polar surface area (TPSA) is 80.5 Å². The molecule has 0 unspecified atom stereocenters. The zero-order valence-electron chi connectivity index (χ0n) is 13.1. The standard InChI is InChI=1S/C15H21FN4O3/c1-10-18-14(19-23-10)8-20-7-12(16)5-13(20)6-17-15(21)11-3-2-4-22-9-11/h9,12-13H,2-8H2,1H3,(H,17,21)/t12-,13-/m0/s1. The van der Waals surface area contributed by atoms with Gasteiger partial charge < -0.3 is 14.6 Å². The van der Waals surface area contributed by atoms with Crippen molar-refractivity contribution in [1.82, 2.24) is 20.4 Å². The fourth-order valence-corrected chi connectivity index (χ4v) is 2.97. The van der Waals surface area contributed by atoms with E-state index in [0.29, 0.717) is 56.4 Å². The number of nitrogens with one attached hydrogen (secondary N) is 1. The number of likely N-dealkylation sites (tertiary alicyclic amines) is 1. The van der Waals surface area contributed by atoms with Crippen LogP contribution in [0.1, 0.15) is 31.0 Å². The molecule has 0 saturated carbocycles. The molecule has 2 atom stereocenters. The monoisotopic (exact) mass is 324 g/mol. The number of carbonyl (C=O) groups excluding carboxylic acids is 1. The normalized spacial score (nSPS) is 25.0. The maximum Gasteiger partial charge on any atom is 0.250 e. The van der Waals surface area contributed by atoms with E-state index in [1.807, 2.05) is 4.90 Å². The van der Waals surface area contributed by atoms with Crippen LogP contribution in [0, 0.1) is 6.92 Å². The summed E-state index contributed by atoms with van der Waals surface area (Å²) < 4.78 is 23.9. The van der Waals surface area contributed by atoms with Crippen molar-refractivity contribution in [3.05, 3.63) is 23.6 Å². The van der Waals surface area contributed by atoms with Gasteiger partial charge >= 0.3 is 0 Å². The molecule has 1 N–H and O–H groups in total. The molecule has 0 radical (unpaired) electrons. The third-order valence-electron chi connectivity index (χ3n) is 4.11. The van der Waals surface area contributed by atoms with Crippen molar-refractivity contribution < 1.29 is 18.4 Å². The number of hydrogen-bond donors (Lipinski definition) is 1. The van der Waals surface area contributed by atoms with Gasteiger partial charge in [-0.2, -0.15) is 4.98 Å². The second-order valence-corrected chi connectivity index (χ2v) is 5.97. The predicted molar refractivity (Wildman–Crippen MR) is 79.0 cm³/mol. The lowest BCUT2D eigenvalue weighted by Crippen LogP contribution is -2.40. The summed E-state index contributed by atoms with van der Waals surface area (Å²) in [6.45, 7) is 3.51. The molecule has 7 nitrogen and oxygen atoms in total. The molecule has 1 amide bonds. The van der Waals surface area contributed by atoms with E-state index in [1.54, 1.807) is 6.92 Å². The van der Waals surface area contributed by atoms with E-state index in [1.165, 1.54) is 6.26 Å². The number of hydrogen-bond acceptors (Lipinski definition) is 6. The molecule has 3 rings (SSSR count). The Kier molecular flexibility index (Phi) is 4.90.